The largest absolute Gasteiger partial charge is 0.468 e. The lowest BCUT2D eigenvalue weighted by Gasteiger charge is -2.28. The van der Waals surface area contributed by atoms with E-state index in [1.54, 1.807) is 37.3 Å². The molecule has 0 bridgehead atoms. The van der Waals surface area contributed by atoms with E-state index in [1.807, 2.05) is 38.1 Å². The van der Waals surface area contributed by atoms with Gasteiger partial charge in [0, 0.05) is 22.1 Å². The molecule has 1 aliphatic heterocycles. The third-order valence-electron chi connectivity index (χ3n) is 6.00. The molecule has 7 nitrogen and oxygen atoms in total. The van der Waals surface area contributed by atoms with Crippen LogP contribution in [0.25, 0.3) is 0 Å². The molecule has 3 aromatic rings. The van der Waals surface area contributed by atoms with Gasteiger partial charge in [0.2, 0.25) is 5.91 Å². The third-order valence-corrected chi connectivity index (χ3v) is 7.43. The fourth-order valence-electron chi connectivity index (χ4n) is 4.04. The second kappa shape index (κ2) is 11.4. The van der Waals surface area contributed by atoms with E-state index in [2.05, 4.69) is 22.0 Å². The summed E-state index contributed by atoms with van der Waals surface area (Å²) in [5.41, 5.74) is 4.24. The molecule has 3 N–H and O–H groups in total. The number of thioether (sulfide) groups is 1. The first-order chi connectivity index (χ1) is 17.8. The second-order valence-electron chi connectivity index (χ2n) is 8.49. The van der Waals surface area contributed by atoms with Gasteiger partial charge in [-0.15, -0.1) is 0 Å². The smallest absolute Gasteiger partial charge is 0.254 e. The predicted molar refractivity (Wildman–Crippen MR) is 147 cm³/mol. The number of carbonyl (C=O) groups is 2. The normalized spacial score (nSPS) is 15.2. The molecule has 0 saturated heterocycles. The summed E-state index contributed by atoms with van der Waals surface area (Å²) in [6.45, 7) is 5.51. The molecule has 2 aromatic carbocycles. The number of nitriles is 1. The molecule has 0 radical (unpaired) electrons. The quantitative estimate of drug-likeness (QED) is 0.331. The number of allylic oxidation sites excluding steroid dienone is 2. The summed E-state index contributed by atoms with van der Waals surface area (Å²) in [5, 5.41) is 20.2. The van der Waals surface area contributed by atoms with Crippen molar-refractivity contribution < 1.29 is 14.0 Å². The van der Waals surface area contributed by atoms with Crippen LogP contribution in [0.5, 0.6) is 0 Å². The highest BCUT2D eigenvalue weighted by Gasteiger charge is 2.36. The van der Waals surface area contributed by atoms with Crippen LogP contribution in [0, 0.1) is 25.2 Å². The highest BCUT2D eigenvalue weighted by atomic mass is 35.5. The Hall–Kier alpha value is -3.93. The lowest BCUT2D eigenvalue weighted by molar-refractivity contribution is -0.114. The Bertz CT molecular complexity index is 1450. The summed E-state index contributed by atoms with van der Waals surface area (Å²) >= 11 is 7.34. The van der Waals surface area contributed by atoms with Crippen LogP contribution in [-0.4, -0.2) is 17.6 Å². The van der Waals surface area contributed by atoms with E-state index >= 15 is 0 Å². The van der Waals surface area contributed by atoms with Crippen molar-refractivity contribution in [2.45, 2.75) is 26.7 Å². The van der Waals surface area contributed by atoms with Crippen molar-refractivity contribution in [1.82, 2.24) is 5.32 Å². The topological polar surface area (TPSA) is 107 Å². The Kier molecular flexibility index (Phi) is 8.07. The molecule has 2 heterocycles. The summed E-state index contributed by atoms with van der Waals surface area (Å²) < 4.78 is 5.66. The molecular weight excluding hydrogens is 508 g/mol. The first kappa shape index (κ1) is 26.1. The average Bonchev–Trinajstić information content (AvgIpc) is 3.41. The molecule has 1 atom stereocenters. The summed E-state index contributed by atoms with van der Waals surface area (Å²) in [7, 11) is 0. The molecular formula is C28H25ClN4O3S. The van der Waals surface area contributed by atoms with Crippen LogP contribution in [0.2, 0.25) is 5.02 Å². The predicted octanol–water partition coefficient (Wildman–Crippen LogP) is 6.26. The highest BCUT2D eigenvalue weighted by Crippen LogP contribution is 2.41. The van der Waals surface area contributed by atoms with E-state index in [0.717, 1.165) is 11.1 Å². The minimum atomic E-state index is -0.731. The van der Waals surface area contributed by atoms with Crippen molar-refractivity contribution in [3.05, 3.63) is 105 Å². The van der Waals surface area contributed by atoms with Crippen molar-refractivity contribution in [1.29, 1.82) is 5.26 Å². The van der Waals surface area contributed by atoms with Crippen molar-refractivity contribution in [2.24, 2.45) is 0 Å². The van der Waals surface area contributed by atoms with Gasteiger partial charge < -0.3 is 20.4 Å². The van der Waals surface area contributed by atoms with Gasteiger partial charge in [-0.2, -0.15) is 5.26 Å². The molecule has 0 saturated carbocycles. The van der Waals surface area contributed by atoms with Crippen molar-refractivity contribution >= 4 is 46.6 Å². The summed E-state index contributed by atoms with van der Waals surface area (Å²) in [5.74, 6) is -0.814. The molecule has 37 heavy (non-hydrogen) atoms. The van der Waals surface area contributed by atoms with E-state index in [1.165, 1.54) is 18.0 Å². The Morgan fingerprint density at radius 2 is 1.81 bits per heavy atom. The number of halogens is 1. The van der Waals surface area contributed by atoms with Gasteiger partial charge in [0.25, 0.3) is 5.91 Å². The van der Waals surface area contributed by atoms with Crippen LogP contribution in [0.15, 0.2) is 87.1 Å². The number of furan rings is 1. The Morgan fingerprint density at radius 3 is 2.51 bits per heavy atom. The van der Waals surface area contributed by atoms with Crippen LogP contribution in [0.4, 0.5) is 11.4 Å². The van der Waals surface area contributed by atoms with Crippen molar-refractivity contribution in [3.63, 3.8) is 0 Å². The average molecular weight is 533 g/mol. The molecule has 4 rings (SSSR count). The van der Waals surface area contributed by atoms with Crippen LogP contribution < -0.4 is 16.0 Å². The molecule has 1 aliphatic rings. The van der Waals surface area contributed by atoms with Gasteiger partial charge in [0.15, 0.2) is 0 Å². The maximum Gasteiger partial charge on any atom is 0.254 e. The Labute approximate surface area is 224 Å². The number of carbonyl (C=O) groups excluding carboxylic acids is 2. The fraction of sp³-hybridized carbons (Fsp3) is 0.179. The molecule has 0 spiro atoms. The molecule has 188 valence electrons. The SMILES string of the molecule is CC1=C(C(=O)Nc2ccccc2C)C(c2ccco2)C(C#N)=C(SCC(=O)Nc2cccc(Cl)c2C)N1. The number of rotatable bonds is 7. The first-order valence-corrected chi connectivity index (χ1v) is 12.9. The lowest BCUT2D eigenvalue weighted by Crippen LogP contribution is -2.31. The van der Waals surface area contributed by atoms with Crippen LogP contribution >= 0.6 is 23.4 Å². The van der Waals surface area contributed by atoms with Gasteiger partial charge in [-0.05, 0) is 62.2 Å². The van der Waals surface area contributed by atoms with Gasteiger partial charge >= 0.3 is 0 Å². The molecule has 1 unspecified atom stereocenters. The van der Waals surface area contributed by atoms with Crippen LogP contribution in [0.3, 0.4) is 0 Å². The minimum absolute atomic E-state index is 0.0440. The Balaban J connectivity index is 1.59. The number of benzene rings is 2. The molecule has 2 amide bonds. The highest BCUT2D eigenvalue weighted by molar-refractivity contribution is 8.03. The maximum absolute atomic E-state index is 13.5. The van der Waals surface area contributed by atoms with Crippen molar-refractivity contribution in [2.75, 3.05) is 16.4 Å². The van der Waals surface area contributed by atoms with Gasteiger partial charge in [0.05, 0.1) is 40.2 Å². The summed E-state index contributed by atoms with van der Waals surface area (Å²) in [6.07, 6.45) is 1.51. The number of dihydropyridines is 1. The Morgan fingerprint density at radius 1 is 1.05 bits per heavy atom. The van der Waals surface area contributed by atoms with E-state index < -0.39 is 5.92 Å². The van der Waals surface area contributed by atoms with Crippen molar-refractivity contribution in [3.8, 4) is 6.07 Å². The summed E-state index contributed by atoms with van der Waals surface area (Å²) in [6, 6.07) is 18.5. The molecule has 0 aliphatic carbocycles. The zero-order valence-electron chi connectivity index (χ0n) is 20.5. The van der Waals surface area contributed by atoms with E-state index in [4.69, 9.17) is 16.0 Å². The second-order valence-corrected chi connectivity index (χ2v) is 9.88. The minimum Gasteiger partial charge on any atom is -0.468 e. The van der Waals surface area contributed by atoms with Gasteiger partial charge in [-0.3, -0.25) is 9.59 Å². The standard InChI is InChI=1S/C28H25ClN4O3S/c1-16-8-4-5-10-21(16)33-27(35)25-18(3)31-28(19(14-30)26(25)23-12-7-13-36-23)37-15-24(34)32-22-11-6-9-20(29)17(22)2/h4-13,26,31H,15H2,1-3H3,(H,32,34)(H,33,35). The third kappa shape index (κ3) is 5.74. The summed E-state index contributed by atoms with van der Waals surface area (Å²) in [4.78, 5) is 26.2. The first-order valence-electron chi connectivity index (χ1n) is 11.5. The van der Waals surface area contributed by atoms with E-state index in [9.17, 15) is 14.9 Å². The zero-order chi connectivity index (χ0) is 26.5. The number of amides is 2. The fourth-order valence-corrected chi connectivity index (χ4v) is 5.10. The maximum atomic E-state index is 13.5. The van der Waals surface area contributed by atoms with Gasteiger partial charge in [0.1, 0.15) is 5.76 Å². The van der Waals surface area contributed by atoms with Gasteiger partial charge in [-0.25, -0.2) is 0 Å². The number of nitrogens with one attached hydrogen (secondary N) is 3. The number of hydrogen-bond donors (Lipinski definition) is 3. The number of aryl methyl sites for hydroxylation is 1. The molecule has 1 aromatic heterocycles. The lowest BCUT2D eigenvalue weighted by atomic mass is 9.85. The number of anilines is 2. The zero-order valence-corrected chi connectivity index (χ0v) is 22.1. The van der Waals surface area contributed by atoms with E-state index in [-0.39, 0.29) is 17.6 Å². The molecule has 0 fully saturated rings. The van der Waals surface area contributed by atoms with E-state index in [0.29, 0.717) is 44.0 Å². The monoisotopic (exact) mass is 532 g/mol. The van der Waals surface area contributed by atoms with Crippen LogP contribution in [-0.2, 0) is 9.59 Å². The molecule has 9 heteroatoms. The number of para-hydroxylation sites is 1. The number of nitrogens with zero attached hydrogens (tertiary/aromatic N) is 1. The van der Waals surface area contributed by atoms with Gasteiger partial charge in [-0.1, -0.05) is 47.6 Å². The van der Waals surface area contributed by atoms with Crippen LogP contribution in [0.1, 0.15) is 29.7 Å². The number of hydrogen-bond acceptors (Lipinski definition) is 6.